The molecule has 0 amide bonds. The Kier molecular flexibility index (Phi) is 7.09. The molecule has 1 saturated heterocycles. The molecular formula is C24H34ClNO3SSi. The van der Waals surface area contributed by atoms with Crippen molar-refractivity contribution in [3.63, 3.8) is 0 Å². The molecule has 0 unspecified atom stereocenters. The first kappa shape index (κ1) is 24.5. The minimum atomic E-state index is -3.65. The highest BCUT2D eigenvalue weighted by Gasteiger charge is 2.48. The van der Waals surface area contributed by atoms with Gasteiger partial charge in [0.25, 0.3) is 0 Å². The van der Waals surface area contributed by atoms with Crippen LogP contribution >= 0.6 is 11.6 Å². The molecule has 7 heteroatoms. The van der Waals surface area contributed by atoms with Crippen molar-refractivity contribution in [2.75, 3.05) is 6.61 Å². The molecule has 0 bridgehead atoms. The molecule has 2 aromatic carbocycles. The van der Waals surface area contributed by atoms with Crippen LogP contribution in [0.1, 0.15) is 50.8 Å². The lowest BCUT2D eigenvalue weighted by atomic mass is 9.89. The van der Waals surface area contributed by atoms with Crippen LogP contribution in [0.3, 0.4) is 0 Å². The topological polar surface area (TPSA) is 46.6 Å². The summed E-state index contributed by atoms with van der Waals surface area (Å²) in [5.41, 5.74) is 1.89. The van der Waals surface area contributed by atoms with E-state index in [1.165, 1.54) is 0 Å². The lowest BCUT2D eigenvalue weighted by molar-refractivity contribution is 0.0873. The van der Waals surface area contributed by atoms with Crippen molar-refractivity contribution in [2.45, 2.75) is 75.6 Å². The van der Waals surface area contributed by atoms with Gasteiger partial charge >= 0.3 is 0 Å². The lowest BCUT2D eigenvalue weighted by Gasteiger charge is -2.48. The van der Waals surface area contributed by atoms with Gasteiger partial charge in [0, 0.05) is 17.7 Å². The van der Waals surface area contributed by atoms with E-state index in [-0.39, 0.29) is 17.1 Å². The maximum Gasteiger partial charge on any atom is 0.243 e. The summed E-state index contributed by atoms with van der Waals surface area (Å²) < 4.78 is 35.2. The van der Waals surface area contributed by atoms with Crippen molar-refractivity contribution in [1.29, 1.82) is 0 Å². The molecule has 0 aliphatic carbocycles. The van der Waals surface area contributed by atoms with Crippen LogP contribution < -0.4 is 0 Å². The Labute approximate surface area is 193 Å². The van der Waals surface area contributed by atoms with Crippen LogP contribution in [0.5, 0.6) is 0 Å². The third kappa shape index (κ3) is 5.09. The SMILES string of the molecule is Cc1ccc(S(=O)(=O)N2[C@@H](CCO[Si](C)(C)C(C)(C)C)C[C@@H]2c2ccccc2Cl)cc1. The zero-order chi connectivity index (χ0) is 23.0. The lowest BCUT2D eigenvalue weighted by Crippen LogP contribution is -2.54. The van der Waals surface area contributed by atoms with E-state index < -0.39 is 18.3 Å². The smallest absolute Gasteiger partial charge is 0.243 e. The summed E-state index contributed by atoms with van der Waals surface area (Å²) in [4.78, 5) is 0.324. The van der Waals surface area contributed by atoms with Crippen molar-refractivity contribution in [2.24, 2.45) is 0 Å². The molecule has 31 heavy (non-hydrogen) atoms. The van der Waals surface area contributed by atoms with Crippen LogP contribution in [-0.4, -0.2) is 33.7 Å². The van der Waals surface area contributed by atoms with Gasteiger partial charge in [0.05, 0.1) is 10.9 Å². The second kappa shape index (κ2) is 8.98. The summed E-state index contributed by atoms with van der Waals surface area (Å²) in [6, 6.07) is 14.2. The Morgan fingerprint density at radius 1 is 1.10 bits per heavy atom. The minimum absolute atomic E-state index is 0.0997. The second-order valence-electron chi connectivity index (χ2n) is 9.97. The van der Waals surface area contributed by atoms with Crippen LogP contribution in [0.4, 0.5) is 0 Å². The van der Waals surface area contributed by atoms with E-state index in [0.29, 0.717) is 22.9 Å². The fourth-order valence-corrected chi connectivity index (χ4v) is 6.86. The number of sulfonamides is 1. The van der Waals surface area contributed by atoms with Gasteiger partial charge in [-0.1, -0.05) is 68.3 Å². The molecule has 170 valence electrons. The predicted octanol–water partition coefficient (Wildman–Crippen LogP) is 6.56. The molecule has 2 aromatic rings. The van der Waals surface area contributed by atoms with Crippen molar-refractivity contribution in [3.05, 3.63) is 64.7 Å². The summed E-state index contributed by atoms with van der Waals surface area (Å²) in [6.07, 6.45) is 1.42. The molecule has 1 heterocycles. The van der Waals surface area contributed by atoms with Crippen LogP contribution in [0, 0.1) is 6.92 Å². The third-order valence-electron chi connectivity index (χ3n) is 6.74. The number of rotatable bonds is 7. The van der Waals surface area contributed by atoms with E-state index in [1.54, 1.807) is 16.4 Å². The molecule has 4 nitrogen and oxygen atoms in total. The molecule has 0 saturated carbocycles. The first-order valence-electron chi connectivity index (χ1n) is 10.8. The fraction of sp³-hybridized carbons (Fsp3) is 0.500. The maximum atomic E-state index is 13.6. The van der Waals surface area contributed by atoms with Gasteiger partial charge in [0.15, 0.2) is 8.32 Å². The molecule has 0 N–H and O–H groups in total. The van der Waals surface area contributed by atoms with E-state index in [4.69, 9.17) is 16.0 Å². The summed E-state index contributed by atoms with van der Waals surface area (Å²) in [5, 5.41) is 0.730. The largest absolute Gasteiger partial charge is 0.417 e. The first-order valence-corrected chi connectivity index (χ1v) is 15.6. The van der Waals surface area contributed by atoms with Crippen LogP contribution in [0.2, 0.25) is 23.2 Å². The Balaban J connectivity index is 1.85. The van der Waals surface area contributed by atoms with E-state index in [9.17, 15) is 8.42 Å². The van der Waals surface area contributed by atoms with Crippen molar-refractivity contribution < 1.29 is 12.8 Å². The highest BCUT2D eigenvalue weighted by Crippen LogP contribution is 2.46. The van der Waals surface area contributed by atoms with Gasteiger partial charge in [-0.05, 0) is 61.7 Å². The van der Waals surface area contributed by atoms with Crippen molar-refractivity contribution in [1.82, 2.24) is 4.31 Å². The van der Waals surface area contributed by atoms with E-state index in [1.807, 2.05) is 43.3 Å². The Morgan fingerprint density at radius 3 is 2.29 bits per heavy atom. The van der Waals surface area contributed by atoms with Crippen LogP contribution in [0.25, 0.3) is 0 Å². The maximum absolute atomic E-state index is 13.6. The Bertz CT molecular complexity index is 1020. The monoisotopic (exact) mass is 479 g/mol. The zero-order valence-corrected chi connectivity index (χ0v) is 21.9. The number of hydrogen-bond donors (Lipinski definition) is 0. The highest BCUT2D eigenvalue weighted by atomic mass is 35.5. The van der Waals surface area contributed by atoms with Gasteiger partial charge in [0.2, 0.25) is 10.0 Å². The van der Waals surface area contributed by atoms with Gasteiger partial charge in [-0.2, -0.15) is 4.31 Å². The highest BCUT2D eigenvalue weighted by molar-refractivity contribution is 7.89. The summed E-state index contributed by atoms with van der Waals surface area (Å²) in [6.45, 7) is 13.6. The molecule has 1 aliphatic rings. The van der Waals surface area contributed by atoms with Gasteiger partial charge in [-0.15, -0.1) is 0 Å². The average Bonchev–Trinajstić information content (AvgIpc) is 2.64. The molecule has 0 aromatic heterocycles. The minimum Gasteiger partial charge on any atom is -0.417 e. The standard InChI is InChI=1S/C24H34ClNO3SSi/c1-18-11-13-20(14-12-18)30(27,28)26-19(15-16-29-31(5,6)24(2,3)4)17-23(26)21-9-7-8-10-22(21)25/h7-14,19,23H,15-17H2,1-6H3/t19-,23+/m0/s1. The number of halogens is 1. The molecule has 1 aliphatic heterocycles. The molecule has 3 rings (SSSR count). The van der Waals surface area contributed by atoms with E-state index in [2.05, 4.69) is 33.9 Å². The Hall–Kier alpha value is -1.18. The van der Waals surface area contributed by atoms with Gasteiger partial charge in [-0.3, -0.25) is 0 Å². The van der Waals surface area contributed by atoms with Crippen molar-refractivity contribution in [3.8, 4) is 0 Å². The number of aryl methyl sites for hydroxylation is 1. The van der Waals surface area contributed by atoms with Gasteiger partial charge in [-0.25, -0.2) is 8.42 Å². The normalized spacial score (nSPS) is 20.5. The molecule has 0 spiro atoms. The summed E-state index contributed by atoms with van der Waals surface area (Å²) in [5.74, 6) is 0. The Morgan fingerprint density at radius 2 is 1.71 bits per heavy atom. The molecule has 2 atom stereocenters. The van der Waals surface area contributed by atoms with E-state index in [0.717, 1.165) is 17.5 Å². The zero-order valence-electron chi connectivity index (χ0n) is 19.4. The van der Waals surface area contributed by atoms with E-state index >= 15 is 0 Å². The second-order valence-corrected chi connectivity index (χ2v) is 17.0. The molecular weight excluding hydrogens is 446 g/mol. The summed E-state index contributed by atoms with van der Waals surface area (Å²) >= 11 is 6.44. The third-order valence-corrected chi connectivity index (χ3v) is 13.6. The number of hydrogen-bond acceptors (Lipinski definition) is 3. The number of nitrogens with zero attached hydrogens (tertiary/aromatic N) is 1. The quantitative estimate of drug-likeness (QED) is 0.422. The van der Waals surface area contributed by atoms with Gasteiger partial charge in [0.1, 0.15) is 0 Å². The molecule has 1 fully saturated rings. The summed E-state index contributed by atoms with van der Waals surface area (Å²) in [7, 11) is -5.52. The molecule has 0 radical (unpaired) electrons. The van der Waals surface area contributed by atoms with Crippen LogP contribution in [-0.2, 0) is 14.4 Å². The van der Waals surface area contributed by atoms with Crippen molar-refractivity contribution >= 4 is 29.9 Å². The fourth-order valence-electron chi connectivity index (χ4n) is 3.70. The first-order chi connectivity index (χ1) is 14.3. The number of benzene rings is 2. The van der Waals surface area contributed by atoms with Gasteiger partial charge < -0.3 is 4.43 Å². The average molecular weight is 480 g/mol. The predicted molar refractivity (Wildman–Crippen MR) is 131 cm³/mol. The van der Waals surface area contributed by atoms with Crippen LogP contribution in [0.15, 0.2) is 53.4 Å².